The fourth-order valence-corrected chi connectivity index (χ4v) is 4.26. The van der Waals surface area contributed by atoms with E-state index >= 15 is 0 Å². The molecule has 5 heteroatoms. The smallest absolute Gasteiger partial charge is 0.224 e. The summed E-state index contributed by atoms with van der Waals surface area (Å²) in [6.45, 7) is 0. The zero-order valence-electron chi connectivity index (χ0n) is 9.24. The van der Waals surface area contributed by atoms with Gasteiger partial charge < -0.3 is 5.32 Å². The van der Waals surface area contributed by atoms with Crippen LogP contribution >= 0.6 is 11.6 Å². The summed E-state index contributed by atoms with van der Waals surface area (Å²) < 4.78 is 13.5. The Labute approximate surface area is 104 Å². The lowest BCUT2D eigenvalue weighted by atomic mass is 10.0. The predicted octanol–water partition coefficient (Wildman–Crippen LogP) is 2.73. The van der Waals surface area contributed by atoms with Crippen molar-refractivity contribution in [2.45, 2.75) is 25.3 Å². The van der Waals surface area contributed by atoms with Crippen molar-refractivity contribution in [1.29, 1.82) is 0 Å². The lowest BCUT2D eigenvalue weighted by Gasteiger charge is -2.11. The molecule has 4 unspecified atom stereocenters. The second-order valence-electron chi connectivity index (χ2n) is 5.49. The van der Waals surface area contributed by atoms with E-state index in [4.69, 9.17) is 11.6 Å². The zero-order valence-corrected chi connectivity index (χ0v) is 9.99. The Kier molecular flexibility index (Phi) is 1.96. The van der Waals surface area contributed by atoms with Gasteiger partial charge in [0.2, 0.25) is 5.28 Å². The lowest BCUT2D eigenvalue weighted by molar-refractivity contribution is 0.456. The monoisotopic (exact) mass is 253 g/mol. The van der Waals surface area contributed by atoms with Gasteiger partial charge in [0, 0.05) is 6.04 Å². The summed E-state index contributed by atoms with van der Waals surface area (Å²) in [4.78, 5) is 7.54. The summed E-state index contributed by atoms with van der Waals surface area (Å²) in [6.07, 6.45) is 5.24. The molecule has 2 bridgehead atoms. The molecule has 1 N–H and O–H groups in total. The number of aromatic nitrogens is 2. The van der Waals surface area contributed by atoms with Crippen LogP contribution in [0.2, 0.25) is 5.28 Å². The second kappa shape index (κ2) is 3.31. The predicted molar refractivity (Wildman–Crippen MR) is 62.2 cm³/mol. The number of hydrogen-bond donors (Lipinski definition) is 1. The normalized spacial score (nSPS) is 41.4. The molecule has 1 heterocycles. The van der Waals surface area contributed by atoms with Crippen molar-refractivity contribution < 1.29 is 4.39 Å². The Morgan fingerprint density at radius 1 is 1.29 bits per heavy atom. The SMILES string of the molecule is Fc1cnc(Cl)nc1NC1C2C3CCC(C3)C12. The molecule has 0 radical (unpaired) electrons. The van der Waals surface area contributed by atoms with Crippen molar-refractivity contribution in [1.82, 2.24) is 9.97 Å². The number of rotatable bonds is 2. The van der Waals surface area contributed by atoms with Crippen molar-refractivity contribution in [2.75, 3.05) is 5.32 Å². The summed E-state index contributed by atoms with van der Waals surface area (Å²) in [7, 11) is 0. The van der Waals surface area contributed by atoms with E-state index in [1.807, 2.05) is 0 Å². The van der Waals surface area contributed by atoms with E-state index in [2.05, 4.69) is 15.3 Å². The fraction of sp³-hybridized carbons (Fsp3) is 0.667. The van der Waals surface area contributed by atoms with E-state index in [9.17, 15) is 4.39 Å². The minimum Gasteiger partial charge on any atom is -0.364 e. The molecule has 1 aromatic heterocycles. The summed E-state index contributed by atoms with van der Waals surface area (Å²) >= 11 is 5.68. The molecule has 4 rings (SSSR count). The van der Waals surface area contributed by atoms with Gasteiger partial charge in [-0.25, -0.2) is 9.37 Å². The molecule has 3 saturated carbocycles. The van der Waals surface area contributed by atoms with Crippen LogP contribution in [0.15, 0.2) is 6.20 Å². The molecule has 1 aromatic rings. The Balaban J connectivity index is 1.54. The van der Waals surface area contributed by atoms with E-state index in [0.29, 0.717) is 6.04 Å². The number of fused-ring (bicyclic) bond motifs is 5. The Morgan fingerprint density at radius 2 is 2.00 bits per heavy atom. The molecule has 0 saturated heterocycles. The van der Waals surface area contributed by atoms with Gasteiger partial charge in [0.1, 0.15) is 0 Å². The molecule has 0 spiro atoms. The highest BCUT2D eigenvalue weighted by Gasteiger charge is 2.65. The van der Waals surface area contributed by atoms with Gasteiger partial charge in [-0.3, -0.25) is 0 Å². The summed E-state index contributed by atoms with van der Waals surface area (Å²) in [6, 6.07) is 0.418. The van der Waals surface area contributed by atoms with Crippen LogP contribution in [-0.4, -0.2) is 16.0 Å². The van der Waals surface area contributed by atoms with E-state index in [1.54, 1.807) is 0 Å². The lowest BCUT2D eigenvalue weighted by Crippen LogP contribution is -2.15. The van der Waals surface area contributed by atoms with Gasteiger partial charge in [0.15, 0.2) is 11.6 Å². The molecular formula is C12H13ClFN3. The standard InChI is InChI=1S/C12H13ClFN3/c13-12-15-4-7(14)11(17-12)16-10-8-5-1-2-6(3-5)9(8)10/h4-6,8-10H,1-3H2,(H,15,16,17). The molecule has 0 aliphatic heterocycles. The highest BCUT2D eigenvalue weighted by Crippen LogP contribution is 2.66. The van der Waals surface area contributed by atoms with Crippen LogP contribution in [0.3, 0.4) is 0 Å². The maximum Gasteiger partial charge on any atom is 0.224 e. The Hall–Kier alpha value is -0.900. The first-order valence-electron chi connectivity index (χ1n) is 6.18. The molecule has 0 aromatic carbocycles. The highest BCUT2D eigenvalue weighted by molar-refractivity contribution is 6.28. The molecule has 3 aliphatic rings. The summed E-state index contributed by atoms with van der Waals surface area (Å²) in [5.74, 6) is 3.09. The topological polar surface area (TPSA) is 37.8 Å². The molecule has 90 valence electrons. The minimum absolute atomic E-state index is 0.0997. The molecule has 0 amide bonds. The van der Waals surface area contributed by atoms with E-state index in [0.717, 1.165) is 29.9 Å². The number of hydrogen-bond acceptors (Lipinski definition) is 3. The third-order valence-corrected chi connectivity index (χ3v) is 4.94. The van der Waals surface area contributed by atoms with Crippen LogP contribution in [0.5, 0.6) is 0 Å². The van der Waals surface area contributed by atoms with Gasteiger partial charge in [0.05, 0.1) is 6.20 Å². The Morgan fingerprint density at radius 3 is 2.71 bits per heavy atom. The van der Waals surface area contributed by atoms with Crippen molar-refractivity contribution in [3.63, 3.8) is 0 Å². The van der Waals surface area contributed by atoms with Crippen LogP contribution in [0.1, 0.15) is 19.3 Å². The van der Waals surface area contributed by atoms with E-state index in [1.165, 1.54) is 19.3 Å². The average molecular weight is 254 g/mol. The van der Waals surface area contributed by atoms with Crippen LogP contribution in [0.25, 0.3) is 0 Å². The number of anilines is 1. The number of nitrogens with one attached hydrogen (secondary N) is 1. The van der Waals surface area contributed by atoms with E-state index in [-0.39, 0.29) is 11.1 Å². The van der Waals surface area contributed by atoms with Crippen molar-refractivity contribution in [3.8, 4) is 0 Å². The van der Waals surface area contributed by atoms with Crippen molar-refractivity contribution in [3.05, 3.63) is 17.3 Å². The molecule has 17 heavy (non-hydrogen) atoms. The summed E-state index contributed by atoms with van der Waals surface area (Å²) in [5.41, 5.74) is 0. The largest absolute Gasteiger partial charge is 0.364 e. The van der Waals surface area contributed by atoms with Crippen molar-refractivity contribution in [2.24, 2.45) is 23.7 Å². The maximum absolute atomic E-state index is 13.5. The van der Waals surface area contributed by atoms with E-state index < -0.39 is 5.82 Å². The molecule has 4 atom stereocenters. The summed E-state index contributed by atoms with van der Waals surface area (Å²) in [5, 5.41) is 3.32. The maximum atomic E-state index is 13.5. The van der Waals surface area contributed by atoms with Crippen LogP contribution in [-0.2, 0) is 0 Å². The first-order chi connectivity index (χ1) is 8.24. The number of nitrogens with zero attached hydrogens (tertiary/aromatic N) is 2. The minimum atomic E-state index is -0.410. The first-order valence-corrected chi connectivity index (χ1v) is 6.56. The molecule has 3 aliphatic carbocycles. The molecule has 3 fully saturated rings. The zero-order chi connectivity index (χ0) is 11.6. The molecule has 3 nitrogen and oxygen atoms in total. The highest BCUT2D eigenvalue weighted by atomic mass is 35.5. The van der Waals surface area contributed by atoms with Gasteiger partial charge in [-0.15, -0.1) is 0 Å². The Bertz CT molecular complexity index is 465. The van der Waals surface area contributed by atoms with Gasteiger partial charge in [-0.1, -0.05) is 0 Å². The van der Waals surface area contributed by atoms with Gasteiger partial charge in [0.25, 0.3) is 0 Å². The van der Waals surface area contributed by atoms with Crippen molar-refractivity contribution >= 4 is 17.4 Å². The van der Waals surface area contributed by atoms with Crippen LogP contribution in [0, 0.1) is 29.5 Å². The van der Waals surface area contributed by atoms with Gasteiger partial charge >= 0.3 is 0 Å². The fourth-order valence-electron chi connectivity index (χ4n) is 4.12. The second-order valence-corrected chi connectivity index (χ2v) is 5.83. The quantitative estimate of drug-likeness (QED) is 0.824. The number of halogens is 2. The van der Waals surface area contributed by atoms with Gasteiger partial charge in [-0.05, 0) is 54.5 Å². The molecular weight excluding hydrogens is 241 g/mol. The van der Waals surface area contributed by atoms with Gasteiger partial charge in [-0.2, -0.15) is 4.98 Å². The van der Waals surface area contributed by atoms with Crippen LogP contribution < -0.4 is 5.32 Å². The average Bonchev–Trinajstić information content (AvgIpc) is 2.72. The third-order valence-electron chi connectivity index (χ3n) is 4.75. The first kappa shape index (κ1) is 10.1. The third kappa shape index (κ3) is 1.39. The van der Waals surface area contributed by atoms with Crippen LogP contribution in [0.4, 0.5) is 10.2 Å².